The molecule has 1 rings (SSSR count). The predicted molar refractivity (Wildman–Crippen MR) is 79.1 cm³/mol. The minimum atomic E-state index is 0.536. The summed E-state index contributed by atoms with van der Waals surface area (Å²) in [6.07, 6.45) is 14.4. The predicted octanol–water partition coefficient (Wildman–Crippen LogP) is 4.61. The molecule has 19 heavy (non-hydrogen) atoms. The monoisotopic (exact) mass is 266 g/mol. The zero-order valence-corrected chi connectivity index (χ0v) is 12.7. The summed E-state index contributed by atoms with van der Waals surface area (Å²) in [7, 11) is 0. The maximum Gasteiger partial charge on any atom is 0.151 e. The summed E-state index contributed by atoms with van der Waals surface area (Å²) in [6, 6.07) is 0. The number of rotatable bonds is 12. The fraction of sp³-hybridized carbons (Fsp3) is 0.933. The van der Waals surface area contributed by atoms with E-state index in [0.29, 0.717) is 5.92 Å². The van der Waals surface area contributed by atoms with Gasteiger partial charge in [0.05, 0.1) is 0 Å². The molecule has 0 aliphatic heterocycles. The van der Waals surface area contributed by atoms with Crippen LogP contribution in [0.25, 0.3) is 0 Å². The average Bonchev–Trinajstić information content (AvgIpc) is 2.95. The minimum Gasteiger partial charge on any atom is -0.243 e. The summed E-state index contributed by atoms with van der Waals surface area (Å²) >= 11 is 0. The van der Waals surface area contributed by atoms with Crippen LogP contribution in [0, 0.1) is 0 Å². The highest BCUT2D eigenvalue weighted by molar-refractivity contribution is 4.90. The van der Waals surface area contributed by atoms with E-state index in [1.807, 2.05) is 0 Å². The Hall–Kier alpha value is -0.930. The van der Waals surface area contributed by atoms with Gasteiger partial charge in [-0.05, 0) is 23.3 Å². The zero-order valence-electron chi connectivity index (χ0n) is 12.7. The third kappa shape index (κ3) is 7.28. The lowest BCUT2D eigenvalue weighted by atomic mass is 9.94. The fourth-order valence-corrected chi connectivity index (χ4v) is 2.57. The van der Waals surface area contributed by atoms with E-state index in [-0.39, 0.29) is 0 Å². The number of H-pyrrole nitrogens is 1. The van der Waals surface area contributed by atoms with Gasteiger partial charge in [-0.3, -0.25) is 0 Å². The molecule has 110 valence electrons. The van der Waals surface area contributed by atoms with Crippen molar-refractivity contribution in [1.29, 1.82) is 0 Å². The summed E-state index contributed by atoms with van der Waals surface area (Å²) in [4.78, 5) is 0. The zero-order chi connectivity index (χ0) is 13.8. The molecule has 1 N–H and O–H groups in total. The molecule has 4 heteroatoms. The van der Waals surface area contributed by atoms with Gasteiger partial charge in [-0.1, -0.05) is 71.6 Å². The Morgan fingerprint density at radius 3 is 1.95 bits per heavy atom. The Balaban J connectivity index is 2.25. The van der Waals surface area contributed by atoms with Crippen LogP contribution in [0.2, 0.25) is 0 Å². The van der Waals surface area contributed by atoms with E-state index in [0.717, 1.165) is 5.82 Å². The van der Waals surface area contributed by atoms with Crippen molar-refractivity contribution in [2.75, 3.05) is 0 Å². The first-order valence-corrected chi connectivity index (χ1v) is 8.12. The van der Waals surface area contributed by atoms with Gasteiger partial charge in [0.15, 0.2) is 5.82 Å². The maximum absolute atomic E-state index is 4.11. The summed E-state index contributed by atoms with van der Waals surface area (Å²) in [5.74, 6) is 1.53. The lowest BCUT2D eigenvalue weighted by Crippen LogP contribution is -2.02. The number of aromatic nitrogens is 4. The third-order valence-electron chi connectivity index (χ3n) is 3.81. The van der Waals surface area contributed by atoms with Gasteiger partial charge >= 0.3 is 0 Å². The summed E-state index contributed by atoms with van der Waals surface area (Å²) in [5, 5.41) is 14.5. The lowest BCUT2D eigenvalue weighted by molar-refractivity contribution is 0.477. The first-order chi connectivity index (χ1) is 9.38. The molecule has 0 fully saturated rings. The van der Waals surface area contributed by atoms with Crippen LogP contribution in [0.15, 0.2) is 0 Å². The molecule has 1 aromatic rings. The van der Waals surface area contributed by atoms with Crippen molar-refractivity contribution in [2.45, 2.75) is 90.4 Å². The van der Waals surface area contributed by atoms with E-state index >= 15 is 0 Å². The van der Waals surface area contributed by atoms with Crippen molar-refractivity contribution in [3.63, 3.8) is 0 Å². The smallest absolute Gasteiger partial charge is 0.151 e. The quantitative estimate of drug-likeness (QED) is 0.562. The molecule has 0 aliphatic carbocycles. The highest BCUT2D eigenvalue weighted by Gasteiger charge is 2.14. The molecule has 1 heterocycles. The van der Waals surface area contributed by atoms with Crippen LogP contribution < -0.4 is 0 Å². The van der Waals surface area contributed by atoms with Gasteiger partial charge in [-0.2, -0.15) is 0 Å². The molecule has 0 bridgehead atoms. The Morgan fingerprint density at radius 1 is 0.842 bits per heavy atom. The molecule has 1 unspecified atom stereocenters. The van der Waals surface area contributed by atoms with Gasteiger partial charge in [0.1, 0.15) is 0 Å². The van der Waals surface area contributed by atoms with E-state index in [1.54, 1.807) is 0 Å². The lowest BCUT2D eigenvalue weighted by Gasteiger charge is -2.13. The Morgan fingerprint density at radius 2 is 1.42 bits per heavy atom. The second-order valence-electron chi connectivity index (χ2n) is 5.54. The van der Waals surface area contributed by atoms with Gasteiger partial charge < -0.3 is 0 Å². The molecule has 0 amide bonds. The largest absolute Gasteiger partial charge is 0.243 e. The highest BCUT2D eigenvalue weighted by Crippen LogP contribution is 2.25. The van der Waals surface area contributed by atoms with E-state index in [9.17, 15) is 0 Å². The summed E-state index contributed by atoms with van der Waals surface area (Å²) < 4.78 is 0. The number of aromatic amines is 1. The minimum absolute atomic E-state index is 0.536. The van der Waals surface area contributed by atoms with Crippen molar-refractivity contribution in [1.82, 2.24) is 20.6 Å². The van der Waals surface area contributed by atoms with Crippen LogP contribution in [-0.2, 0) is 0 Å². The summed E-state index contributed by atoms with van der Waals surface area (Å²) in [6.45, 7) is 4.52. The average molecular weight is 266 g/mol. The normalized spacial score (nSPS) is 12.7. The van der Waals surface area contributed by atoms with Crippen LogP contribution in [-0.4, -0.2) is 20.6 Å². The molecule has 0 aromatic carbocycles. The number of hydrogen-bond donors (Lipinski definition) is 1. The molecule has 4 nitrogen and oxygen atoms in total. The van der Waals surface area contributed by atoms with Gasteiger partial charge in [0.25, 0.3) is 0 Å². The SMILES string of the molecule is CCCCCCCC(CCCCCC)c1nnn[nH]1. The van der Waals surface area contributed by atoms with Crippen LogP contribution in [0.4, 0.5) is 0 Å². The first kappa shape index (κ1) is 16.1. The van der Waals surface area contributed by atoms with Gasteiger partial charge in [-0.25, -0.2) is 5.10 Å². The van der Waals surface area contributed by atoms with Gasteiger partial charge in [0, 0.05) is 5.92 Å². The number of nitrogens with one attached hydrogen (secondary N) is 1. The van der Waals surface area contributed by atoms with E-state index in [4.69, 9.17) is 0 Å². The second-order valence-corrected chi connectivity index (χ2v) is 5.54. The number of nitrogens with zero attached hydrogens (tertiary/aromatic N) is 3. The van der Waals surface area contributed by atoms with Crippen LogP contribution in [0.1, 0.15) is 96.2 Å². The van der Waals surface area contributed by atoms with Gasteiger partial charge in [0.2, 0.25) is 0 Å². The van der Waals surface area contributed by atoms with Crippen molar-refractivity contribution in [3.8, 4) is 0 Å². The van der Waals surface area contributed by atoms with Gasteiger partial charge in [-0.15, -0.1) is 5.10 Å². The Labute approximate surface area is 117 Å². The first-order valence-electron chi connectivity index (χ1n) is 8.12. The molecular formula is C15H30N4. The third-order valence-corrected chi connectivity index (χ3v) is 3.81. The fourth-order valence-electron chi connectivity index (χ4n) is 2.57. The molecule has 0 saturated carbocycles. The molecule has 0 aliphatic rings. The molecular weight excluding hydrogens is 236 g/mol. The molecule has 1 aromatic heterocycles. The summed E-state index contributed by atoms with van der Waals surface area (Å²) in [5.41, 5.74) is 0. The Bertz CT molecular complexity index is 284. The standard InChI is InChI=1S/C15H30N4/c1-3-5-7-9-11-13-14(12-10-8-6-4-2)15-16-18-19-17-15/h14H,3-13H2,1-2H3,(H,16,17,18,19). The van der Waals surface area contributed by atoms with E-state index in [1.165, 1.54) is 70.6 Å². The molecule has 0 radical (unpaired) electrons. The van der Waals surface area contributed by atoms with Crippen molar-refractivity contribution >= 4 is 0 Å². The van der Waals surface area contributed by atoms with E-state index < -0.39 is 0 Å². The second kappa shape index (κ2) is 10.9. The van der Waals surface area contributed by atoms with E-state index in [2.05, 4.69) is 34.5 Å². The molecule has 0 saturated heterocycles. The van der Waals surface area contributed by atoms with Crippen molar-refractivity contribution < 1.29 is 0 Å². The van der Waals surface area contributed by atoms with Crippen LogP contribution >= 0.6 is 0 Å². The van der Waals surface area contributed by atoms with Crippen molar-refractivity contribution in [2.24, 2.45) is 0 Å². The number of tetrazole rings is 1. The topological polar surface area (TPSA) is 54.5 Å². The van der Waals surface area contributed by atoms with Crippen LogP contribution in [0.5, 0.6) is 0 Å². The molecule has 0 spiro atoms. The van der Waals surface area contributed by atoms with Crippen LogP contribution in [0.3, 0.4) is 0 Å². The maximum atomic E-state index is 4.11. The number of unbranched alkanes of at least 4 members (excludes halogenated alkanes) is 7. The Kier molecular flexibility index (Phi) is 9.29. The number of hydrogen-bond acceptors (Lipinski definition) is 3. The highest BCUT2D eigenvalue weighted by atomic mass is 15.5. The van der Waals surface area contributed by atoms with Crippen molar-refractivity contribution in [3.05, 3.63) is 5.82 Å². The molecule has 1 atom stereocenters.